The third-order valence-electron chi connectivity index (χ3n) is 5.81. The molecule has 2 aliphatic rings. The number of ether oxygens (including phenoxy) is 2. The van der Waals surface area contributed by atoms with Crippen molar-refractivity contribution in [2.24, 2.45) is 5.92 Å². The van der Waals surface area contributed by atoms with Crippen LogP contribution in [0.25, 0.3) is 10.2 Å². The first-order valence-corrected chi connectivity index (χ1v) is 14.6. The molecule has 1 amide bonds. The number of thiazole rings is 1. The monoisotopic (exact) mass is 523 g/mol. The van der Waals surface area contributed by atoms with Crippen LogP contribution in [0.5, 0.6) is 11.5 Å². The number of nitrogens with one attached hydrogen (secondary N) is 1. The molecule has 1 aromatic heterocycles. The quantitative estimate of drug-likeness (QED) is 0.539. The van der Waals surface area contributed by atoms with Gasteiger partial charge in [-0.1, -0.05) is 17.4 Å². The third-order valence-corrected chi connectivity index (χ3v) is 9.75. The molecular formula is C21H21N3O7S3. The summed E-state index contributed by atoms with van der Waals surface area (Å²) >= 11 is 1.33. The summed E-state index contributed by atoms with van der Waals surface area (Å²) < 4.78 is 62.5. The van der Waals surface area contributed by atoms with Crippen molar-refractivity contribution < 1.29 is 31.1 Å². The first kappa shape index (κ1) is 23.0. The van der Waals surface area contributed by atoms with Crippen molar-refractivity contribution >= 4 is 52.5 Å². The number of piperidine rings is 1. The maximum Gasteiger partial charge on any atom is 0.243 e. The second-order valence-corrected chi connectivity index (χ2v) is 13.1. The fourth-order valence-electron chi connectivity index (χ4n) is 3.95. The Morgan fingerprint density at radius 2 is 1.74 bits per heavy atom. The number of fused-ring (bicyclic) bond motifs is 2. The molecule has 0 aliphatic carbocycles. The molecule has 3 aromatic rings. The normalized spacial score (nSPS) is 17.2. The molecule has 2 aliphatic heterocycles. The summed E-state index contributed by atoms with van der Waals surface area (Å²) in [7, 11) is -7.41. The van der Waals surface area contributed by atoms with E-state index in [4.69, 9.17) is 9.47 Å². The lowest BCUT2D eigenvalue weighted by atomic mass is 9.97. The lowest BCUT2D eigenvalue weighted by molar-refractivity contribution is -0.120. The van der Waals surface area contributed by atoms with Crippen LogP contribution in [0.2, 0.25) is 0 Å². The molecule has 0 bridgehead atoms. The Bertz CT molecular complexity index is 1450. The summed E-state index contributed by atoms with van der Waals surface area (Å²) in [6.07, 6.45) is 1.72. The Hall–Kier alpha value is -2.74. The van der Waals surface area contributed by atoms with E-state index in [1.165, 1.54) is 39.9 Å². The van der Waals surface area contributed by atoms with Gasteiger partial charge in [-0.2, -0.15) is 4.31 Å². The van der Waals surface area contributed by atoms with E-state index in [0.717, 1.165) is 11.0 Å². The average molecular weight is 524 g/mol. The van der Waals surface area contributed by atoms with Gasteiger partial charge in [0.05, 0.1) is 20.0 Å². The number of nitrogens with zero attached hydrogens (tertiary/aromatic N) is 2. The average Bonchev–Trinajstić information content (AvgIpc) is 3.42. The number of rotatable bonds is 5. The van der Waals surface area contributed by atoms with Crippen LogP contribution in [-0.4, -0.2) is 58.2 Å². The second kappa shape index (κ2) is 8.48. The van der Waals surface area contributed by atoms with Gasteiger partial charge in [0, 0.05) is 37.4 Å². The lowest BCUT2D eigenvalue weighted by Crippen LogP contribution is -2.41. The number of sulfonamides is 1. The van der Waals surface area contributed by atoms with E-state index in [2.05, 4.69) is 10.3 Å². The van der Waals surface area contributed by atoms with E-state index < -0.39 is 19.9 Å². The van der Waals surface area contributed by atoms with Crippen molar-refractivity contribution in [3.05, 3.63) is 36.4 Å². The van der Waals surface area contributed by atoms with Crippen molar-refractivity contribution in [2.75, 3.05) is 31.5 Å². The number of benzene rings is 2. The molecule has 34 heavy (non-hydrogen) atoms. The number of carbonyl (C=O) groups is 1. The lowest BCUT2D eigenvalue weighted by Gasteiger charge is -2.30. The largest absolute Gasteiger partial charge is 0.454 e. The van der Waals surface area contributed by atoms with E-state index in [1.807, 2.05) is 6.07 Å². The Morgan fingerprint density at radius 3 is 2.44 bits per heavy atom. The number of hydrogen-bond acceptors (Lipinski definition) is 9. The van der Waals surface area contributed by atoms with Crippen LogP contribution in [0.4, 0.5) is 5.13 Å². The predicted octanol–water partition coefficient (Wildman–Crippen LogP) is 2.47. The summed E-state index contributed by atoms with van der Waals surface area (Å²) in [6.45, 7) is 0.489. The zero-order valence-electron chi connectivity index (χ0n) is 18.1. The van der Waals surface area contributed by atoms with Crippen LogP contribution in [0, 0.1) is 5.92 Å². The van der Waals surface area contributed by atoms with Gasteiger partial charge in [-0.15, -0.1) is 0 Å². The molecular weight excluding hydrogens is 502 g/mol. The Balaban J connectivity index is 1.24. The second-order valence-electron chi connectivity index (χ2n) is 8.11. The SMILES string of the molecule is CS(=O)(=O)c1cccc(S(=O)(=O)N2CCC(C(=O)Nc3nc4cc5c(cc4s3)OCO5)CC2)c1. The zero-order chi connectivity index (χ0) is 24.1. The number of sulfone groups is 1. The van der Waals surface area contributed by atoms with Gasteiger partial charge in [-0.3, -0.25) is 4.79 Å². The summed E-state index contributed by atoms with van der Waals surface area (Å²) in [5, 5.41) is 3.29. The van der Waals surface area contributed by atoms with Gasteiger partial charge >= 0.3 is 0 Å². The highest BCUT2D eigenvalue weighted by atomic mass is 32.2. The maximum atomic E-state index is 13.0. The molecule has 5 rings (SSSR count). The number of carbonyl (C=O) groups excluding carboxylic acids is 1. The minimum atomic E-state index is -3.87. The fraction of sp³-hybridized carbons (Fsp3) is 0.333. The molecule has 0 atom stereocenters. The van der Waals surface area contributed by atoms with Gasteiger partial charge in [0.25, 0.3) is 0 Å². The third kappa shape index (κ3) is 4.35. The first-order valence-electron chi connectivity index (χ1n) is 10.4. The van der Waals surface area contributed by atoms with Gasteiger partial charge in [-0.05, 0) is 31.0 Å². The van der Waals surface area contributed by atoms with Gasteiger partial charge in [0.2, 0.25) is 22.7 Å². The molecule has 2 aromatic carbocycles. The Morgan fingerprint density at radius 1 is 1.06 bits per heavy atom. The zero-order valence-corrected chi connectivity index (χ0v) is 20.5. The standard InChI is InChI=1S/C21H21N3O7S3/c1-33(26,27)14-3-2-4-15(9-14)34(28,29)24-7-5-13(6-8-24)20(25)23-21-22-16-10-17-18(31-12-30-17)11-19(16)32-21/h2-4,9-11,13H,5-8,12H2,1H3,(H,22,23,25). The molecule has 3 heterocycles. The number of aromatic nitrogens is 1. The van der Waals surface area contributed by atoms with Gasteiger partial charge in [0.1, 0.15) is 0 Å². The van der Waals surface area contributed by atoms with Gasteiger partial charge in [0.15, 0.2) is 26.5 Å². The molecule has 13 heteroatoms. The minimum Gasteiger partial charge on any atom is -0.454 e. The Kier molecular flexibility index (Phi) is 5.74. The highest BCUT2D eigenvalue weighted by molar-refractivity contribution is 7.91. The number of amides is 1. The predicted molar refractivity (Wildman–Crippen MR) is 125 cm³/mol. The van der Waals surface area contributed by atoms with E-state index in [0.29, 0.717) is 35.0 Å². The fourth-order valence-corrected chi connectivity index (χ4v) is 7.09. The molecule has 0 spiro atoms. The molecule has 1 N–H and O–H groups in total. The van der Waals surface area contributed by atoms with Crippen molar-refractivity contribution in [3.8, 4) is 11.5 Å². The minimum absolute atomic E-state index is 0.0537. The summed E-state index contributed by atoms with van der Waals surface area (Å²) in [5.41, 5.74) is 0.696. The van der Waals surface area contributed by atoms with E-state index in [-0.39, 0.29) is 41.5 Å². The molecule has 0 unspecified atom stereocenters. The van der Waals surface area contributed by atoms with Crippen molar-refractivity contribution in [1.29, 1.82) is 0 Å². The van der Waals surface area contributed by atoms with Crippen LogP contribution < -0.4 is 14.8 Å². The van der Waals surface area contributed by atoms with Crippen LogP contribution in [0.15, 0.2) is 46.2 Å². The van der Waals surface area contributed by atoms with Gasteiger partial charge in [-0.25, -0.2) is 21.8 Å². The van der Waals surface area contributed by atoms with E-state index in [1.54, 1.807) is 6.07 Å². The highest BCUT2D eigenvalue weighted by Gasteiger charge is 2.33. The molecule has 1 saturated heterocycles. The van der Waals surface area contributed by atoms with Crippen molar-refractivity contribution in [1.82, 2.24) is 9.29 Å². The van der Waals surface area contributed by atoms with E-state index in [9.17, 15) is 21.6 Å². The molecule has 1 fully saturated rings. The van der Waals surface area contributed by atoms with Crippen molar-refractivity contribution in [3.63, 3.8) is 0 Å². The molecule has 10 nitrogen and oxygen atoms in total. The van der Waals surface area contributed by atoms with Gasteiger partial charge < -0.3 is 14.8 Å². The summed E-state index contributed by atoms with van der Waals surface area (Å²) in [5.74, 6) is 0.684. The maximum absolute atomic E-state index is 13.0. The topological polar surface area (TPSA) is 132 Å². The smallest absolute Gasteiger partial charge is 0.243 e. The number of hydrogen-bond donors (Lipinski definition) is 1. The van der Waals surface area contributed by atoms with Crippen LogP contribution in [0.3, 0.4) is 0 Å². The molecule has 0 radical (unpaired) electrons. The van der Waals surface area contributed by atoms with Crippen LogP contribution in [-0.2, 0) is 24.7 Å². The first-order chi connectivity index (χ1) is 16.1. The summed E-state index contributed by atoms with van der Waals surface area (Å²) in [6, 6.07) is 8.92. The van der Waals surface area contributed by atoms with E-state index >= 15 is 0 Å². The summed E-state index contributed by atoms with van der Waals surface area (Å²) in [4.78, 5) is 17.1. The molecule has 180 valence electrons. The number of anilines is 1. The van der Waals surface area contributed by atoms with Crippen LogP contribution >= 0.6 is 11.3 Å². The Labute approximate surface area is 200 Å². The highest BCUT2D eigenvalue weighted by Crippen LogP contribution is 2.39. The van der Waals surface area contributed by atoms with Crippen LogP contribution in [0.1, 0.15) is 12.8 Å². The molecule has 0 saturated carbocycles. The van der Waals surface area contributed by atoms with Crippen molar-refractivity contribution in [2.45, 2.75) is 22.6 Å².